The second-order valence-electron chi connectivity index (χ2n) is 5.60. The van der Waals surface area contributed by atoms with Crippen LogP contribution in [-0.4, -0.2) is 90.9 Å². The highest BCUT2D eigenvalue weighted by Crippen LogP contribution is 2.16. The summed E-state index contributed by atoms with van der Waals surface area (Å²) in [6.07, 6.45) is 1.90. The highest BCUT2D eigenvalue weighted by atomic mass is 16.5. The fourth-order valence-electron chi connectivity index (χ4n) is 1.63. The first-order chi connectivity index (χ1) is 13.1. The number of esters is 4. The van der Waals surface area contributed by atoms with E-state index in [1.54, 1.807) is 7.05 Å². The lowest BCUT2D eigenvalue weighted by Crippen LogP contribution is -2.33. The largest absolute Gasteiger partial charge is 0.469 e. The predicted octanol–water partition coefficient (Wildman–Crippen LogP) is 0.239. The zero-order valence-electron chi connectivity index (χ0n) is 18.3. The molecule has 0 aliphatic carbocycles. The topological polar surface area (TPSA) is 120 Å². The molecule has 0 aromatic heterocycles. The minimum atomic E-state index is -0.245. The van der Waals surface area contributed by atoms with Crippen molar-refractivity contribution in [1.29, 1.82) is 0 Å². The molecule has 1 fully saturated rings. The fraction of sp³-hybridized carbons (Fsp3) is 0.778. The smallest absolute Gasteiger partial charge is 0.319 e. The van der Waals surface area contributed by atoms with Gasteiger partial charge < -0.3 is 29.2 Å². The Morgan fingerprint density at radius 3 is 1.46 bits per heavy atom. The molecule has 10 heteroatoms. The van der Waals surface area contributed by atoms with Gasteiger partial charge in [0, 0.05) is 13.8 Å². The molecule has 0 aromatic carbocycles. The molecular formula is C18H36N2O8. The van der Waals surface area contributed by atoms with E-state index in [1.807, 2.05) is 0 Å². The number of likely N-dealkylation sites (N-methyl/N-ethyl adjacent to an activating group) is 1. The molecule has 0 unspecified atom stereocenters. The van der Waals surface area contributed by atoms with Gasteiger partial charge in [-0.05, 0) is 40.0 Å². The standard InChI is InChI=1S/C8H15NO2.C4H9NO2.2C3H6O2/c1-9-5-3-7(4-6-9)8(10)11-2;1-5-3-4(6)7-2;2*1-3(4)5-2/h7H,3-6H2,1-2H3;5H,3H2,1-2H3;2*1-2H3. The Kier molecular flexibility index (Phi) is 23.0. The molecule has 1 heterocycles. The average Bonchev–Trinajstić information content (AvgIpc) is 2.69. The summed E-state index contributed by atoms with van der Waals surface area (Å²) >= 11 is 0. The molecule has 28 heavy (non-hydrogen) atoms. The average molecular weight is 408 g/mol. The van der Waals surface area contributed by atoms with E-state index in [9.17, 15) is 19.2 Å². The third kappa shape index (κ3) is 23.8. The van der Waals surface area contributed by atoms with Crippen LogP contribution in [0.4, 0.5) is 0 Å². The number of methoxy groups -OCH3 is 4. The maximum absolute atomic E-state index is 11.0. The van der Waals surface area contributed by atoms with E-state index < -0.39 is 0 Å². The molecular weight excluding hydrogens is 372 g/mol. The first kappa shape index (κ1) is 30.5. The Bertz CT molecular complexity index is 421. The van der Waals surface area contributed by atoms with Gasteiger partial charge in [-0.15, -0.1) is 0 Å². The Balaban J connectivity index is -0.000000320. The zero-order valence-corrected chi connectivity index (χ0v) is 18.3. The van der Waals surface area contributed by atoms with Crippen molar-refractivity contribution in [3.8, 4) is 0 Å². The molecule has 1 aliphatic rings. The lowest BCUT2D eigenvalue weighted by atomic mass is 9.98. The maximum Gasteiger partial charge on any atom is 0.319 e. The highest BCUT2D eigenvalue weighted by Gasteiger charge is 2.23. The summed E-state index contributed by atoms with van der Waals surface area (Å²) in [4.78, 5) is 42.6. The van der Waals surface area contributed by atoms with Crippen LogP contribution in [0.15, 0.2) is 0 Å². The Morgan fingerprint density at radius 2 is 1.25 bits per heavy atom. The molecule has 1 N–H and O–H groups in total. The van der Waals surface area contributed by atoms with Crippen molar-refractivity contribution in [2.75, 3.05) is 62.2 Å². The van der Waals surface area contributed by atoms with E-state index in [0.29, 0.717) is 0 Å². The summed E-state index contributed by atoms with van der Waals surface area (Å²) in [7, 11) is 9.29. The zero-order chi connectivity index (χ0) is 22.5. The van der Waals surface area contributed by atoms with Crippen LogP contribution >= 0.6 is 0 Å². The van der Waals surface area contributed by atoms with Gasteiger partial charge in [0.25, 0.3) is 0 Å². The first-order valence-corrected chi connectivity index (χ1v) is 8.66. The highest BCUT2D eigenvalue weighted by molar-refractivity contribution is 5.72. The molecule has 0 bridgehead atoms. The molecule has 0 aromatic rings. The lowest BCUT2D eigenvalue weighted by molar-refractivity contribution is -0.147. The van der Waals surface area contributed by atoms with Crippen LogP contribution in [0.3, 0.4) is 0 Å². The number of carbonyl (C=O) groups is 4. The molecule has 0 atom stereocenters. The van der Waals surface area contributed by atoms with Gasteiger partial charge in [0.1, 0.15) is 0 Å². The van der Waals surface area contributed by atoms with Gasteiger partial charge in [0.15, 0.2) is 0 Å². The lowest BCUT2D eigenvalue weighted by Gasteiger charge is -2.26. The molecule has 0 saturated carbocycles. The summed E-state index contributed by atoms with van der Waals surface area (Å²) in [6, 6.07) is 0. The van der Waals surface area contributed by atoms with Crippen molar-refractivity contribution in [3.63, 3.8) is 0 Å². The van der Waals surface area contributed by atoms with Crippen LogP contribution in [0.1, 0.15) is 26.7 Å². The summed E-state index contributed by atoms with van der Waals surface area (Å²) in [5, 5.41) is 2.64. The van der Waals surface area contributed by atoms with E-state index in [2.05, 4.69) is 36.2 Å². The second-order valence-corrected chi connectivity index (χ2v) is 5.60. The van der Waals surface area contributed by atoms with Crippen molar-refractivity contribution in [2.45, 2.75) is 26.7 Å². The van der Waals surface area contributed by atoms with Crippen LogP contribution in [0, 0.1) is 5.92 Å². The van der Waals surface area contributed by atoms with Crippen LogP contribution in [-0.2, 0) is 38.1 Å². The van der Waals surface area contributed by atoms with Gasteiger partial charge in [0.2, 0.25) is 0 Å². The summed E-state index contributed by atoms with van der Waals surface area (Å²) in [5.41, 5.74) is 0. The Labute approximate surface area is 167 Å². The van der Waals surface area contributed by atoms with Crippen LogP contribution in [0.2, 0.25) is 0 Å². The molecule has 0 amide bonds. The van der Waals surface area contributed by atoms with Gasteiger partial charge in [-0.3, -0.25) is 19.2 Å². The van der Waals surface area contributed by atoms with Crippen molar-refractivity contribution in [3.05, 3.63) is 0 Å². The third-order valence-corrected chi connectivity index (χ3v) is 3.38. The number of hydrogen-bond acceptors (Lipinski definition) is 10. The summed E-state index contributed by atoms with van der Waals surface area (Å²) < 4.78 is 17.2. The van der Waals surface area contributed by atoms with Crippen molar-refractivity contribution in [1.82, 2.24) is 10.2 Å². The Morgan fingerprint density at radius 1 is 0.857 bits per heavy atom. The van der Waals surface area contributed by atoms with Crippen molar-refractivity contribution in [2.24, 2.45) is 5.92 Å². The van der Waals surface area contributed by atoms with Gasteiger partial charge >= 0.3 is 23.9 Å². The monoisotopic (exact) mass is 408 g/mol. The number of hydrogen-bond donors (Lipinski definition) is 1. The molecule has 166 valence electrons. The van der Waals surface area contributed by atoms with E-state index in [-0.39, 0.29) is 36.3 Å². The minimum absolute atomic E-state index is 0.0434. The van der Waals surface area contributed by atoms with Crippen molar-refractivity contribution >= 4 is 23.9 Å². The number of likely N-dealkylation sites (tertiary alicyclic amines) is 1. The molecule has 0 radical (unpaired) electrons. The van der Waals surface area contributed by atoms with E-state index in [1.165, 1.54) is 42.3 Å². The molecule has 10 nitrogen and oxygen atoms in total. The molecule has 1 rings (SSSR count). The van der Waals surface area contributed by atoms with Crippen molar-refractivity contribution < 1.29 is 38.1 Å². The third-order valence-electron chi connectivity index (χ3n) is 3.38. The summed E-state index contributed by atoms with van der Waals surface area (Å²) in [5.74, 6) is -0.619. The second kappa shape index (κ2) is 21.1. The number of nitrogens with one attached hydrogen (secondary N) is 1. The number of piperidine rings is 1. The van der Waals surface area contributed by atoms with Crippen LogP contribution < -0.4 is 5.32 Å². The molecule has 1 saturated heterocycles. The maximum atomic E-state index is 11.0. The number of rotatable bonds is 3. The Hall–Kier alpha value is -2.20. The quantitative estimate of drug-likeness (QED) is 0.513. The van der Waals surface area contributed by atoms with E-state index in [4.69, 9.17) is 0 Å². The van der Waals surface area contributed by atoms with E-state index >= 15 is 0 Å². The predicted molar refractivity (Wildman–Crippen MR) is 104 cm³/mol. The van der Waals surface area contributed by atoms with Gasteiger partial charge in [-0.2, -0.15) is 0 Å². The fourth-order valence-corrected chi connectivity index (χ4v) is 1.63. The van der Waals surface area contributed by atoms with Gasteiger partial charge in [-0.25, -0.2) is 0 Å². The SMILES string of the molecule is CNCC(=O)OC.COC(=O)C1CCN(C)CC1.COC(C)=O.COC(C)=O. The number of ether oxygens (including phenoxy) is 4. The van der Waals surface area contributed by atoms with E-state index in [0.717, 1.165) is 25.9 Å². The first-order valence-electron chi connectivity index (χ1n) is 8.66. The summed E-state index contributed by atoms with van der Waals surface area (Å²) in [6.45, 7) is 5.04. The normalized spacial score (nSPS) is 13.0. The van der Waals surface area contributed by atoms with Crippen LogP contribution in [0.5, 0.6) is 0 Å². The van der Waals surface area contributed by atoms with Gasteiger partial charge in [-0.1, -0.05) is 0 Å². The number of carbonyl (C=O) groups excluding carboxylic acids is 4. The molecule has 1 aliphatic heterocycles. The molecule has 0 spiro atoms. The minimum Gasteiger partial charge on any atom is -0.469 e. The number of nitrogens with zero attached hydrogens (tertiary/aromatic N) is 1. The van der Waals surface area contributed by atoms with Gasteiger partial charge in [0.05, 0.1) is 40.9 Å². The van der Waals surface area contributed by atoms with Crippen LogP contribution in [0.25, 0.3) is 0 Å².